The number of hydrogen-bond donors (Lipinski definition) is 0. The lowest BCUT2D eigenvalue weighted by molar-refractivity contribution is 1.09. The van der Waals surface area contributed by atoms with Gasteiger partial charge in [-0.25, -0.2) is 4.98 Å². The van der Waals surface area contributed by atoms with Gasteiger partial charge in [0.05, 0.1) is 5.69 Å². The molecule has 1 aromatic carbocycles. The van der Waals surface area contributed by atoms with Gasteiger partial charge in [-0.2, -0.15) is 0 Å². The molecule has 0 amide bonds. The molecule has 2 rings (SSSR count). The molecule has 0 aliphatic carbocycles. The molecule has 0 N–H and O–H groups in total. The van der Waals surface area contributed by atoms with E-state index in [0.717, 1.165) is 28.2 Å². The van der Waals surface area contributed by atoms with Crippen molar-refractivity contribution in [2.45, 2.75) is 20.8 Å². The molecular weight excluding hydrogens is 248 g/mol. The zero-order chi connectivity index (χ0) is 14.7. The number of nitrogens with zero attached hydrogens (tertiary/aromatic N) is 4. The molecule has 0 spiro atoms. The zero-order valence-corrected chi connectivity index (χ0v) is 12.7. The van der Waals surface area contributed by atoms with Crippen LogP contribution in [0.2, 0.25) is 0 Å². The number of azo groups is 1. The third-order valence-corrected chi connectivity index (χ3v) is 3.04. The smallest absolute Gasteiger partial charge is 0.174 e. The summed E-state index contributed by atoms with van der Waals surface area (Å²) in [4.78, 5) is 6.42. The van der Waals surface area contributed by atoms with Crippen LogP contribution in [0.4, 0.5) is 17.2 Å². The van der Waals surface area contributed by atoms with Gasteiger partial charge in [0.2, 0.25) is 0 Å². The quantitative estimate of drug-likeness (QED) is 0.770. The van der Waals surface area contributed by atoms with E-state index in [1.54, 1.807) is 0 Å². The van der Waals surface area contributed by atoms with Gasteiger partial charge in [0.25, 0.3) is 0 Å². The fraction of sp³-hybridized carbons (Fsp3) is 0.312. The van der Waals surface area contributed by atoms with E-state index in [0.29, 0.717) is 5.82 Å². The highest BCUT2D eigenvalue weighted by Gasteiger charge is 2.01. The number of aryl methyl sites for hydroxylation is 3. The van der Waals surface area contributed by atoms with Crippen LogP contribution >= 0.6 is 0 Å². The van der Waals surface area contributed by atoms with Gasteiger partial charge in [-0.1, -0.05) is 0 Å². The Morgan fingerprint density at radius 2 is 1.70 bits per heavy atom. The maximum absolute atomic E-state index is 4.36. The van der Waals surface area contributed by atoms with Crippen LogP contribution in [0, 0.1) is 20.8 Å². The number of anilines is 1. The summed E-state index contributed by atoms with van der Waals surface area (Å²) >= 11 is 0. The standard InChI is InChI=1S/C16H20N4/c1-11-8-13(3)17-16(9-11)19-18-15-7-6-14(20(4)5)10-12(15)2/h6-10H,1-5H3. The van der Waals surface area contributed by atoms with Crippen molar-refractivity contribution >= 4 is 17.2 Å². The zero-order valence-electron chi connectivity index (χ0n) is 12.7. The van der Waals surface area contributed by atoms with E-state index in [9.17, 15) is 0 Å². The molecule has 104 valence electrons. The summed E-state index contributed by atoms with van der Waals surface area (Å²) in [5, 5.41) is 8.54. The summed E-state index contributed by atoms with van der Waals surface area (Å²) in [6.07, 6.45) is 0. The number of pyridine rings is 1. The van der Waals surface area contributed by atoms with Crippen LogP contribution in [0.1, 0.15) is 16.8 Å². The summed E-state index contributed by atoms with van der Waals surface area (Å²) in [6, 6.07) is 10.1. The van der Waals surface area contributed by atoms with E-state index < -0.39 is 0 Å². The van der Waals surface area contributed by atoms with E-state index in [2.05, 4.69) is 26.2 Å². The van der Waals surface area contributed by atoms with Crippen LogP contribution in [-0.4, -0.2) is 19.1 Å². The highest BCUT2D eigenvalue weighted by Crippen LogP contribution is 2.25. The lowest BCUT2D eigenvalue weighted by Gasteiger charge is -2.13. The second-order valence-electron chi connectivity index (χ2n) is 5.21. The summed E-state index contributed by atoms with van der Waals surface area (Å²) in [5.41, 5.74) is 5.23. The SMILES string of the molecule is Cc1cc(C)nc(N=Nc2ccc(N(C)C)cc2C)c1. The maximum Gasteiger partial charge on any atom is 0.174 e. The molecular formula is C16H20N4. The summed E-state index contributed by atoms with van der Waals surface area (Å²) in [5.74, 6) is 0.651. The first-order chi connectivity index (χ1) is 9.45. The topological polar surface area (TPSA) is 40.9 Å². The number of aromatic nitrogens is 1. The van der Waals surface area contributed by atoms with Crippen LogP contribution in [0.3, 0.4) is 0 Å². The van der Waals surface area contributed by atoms with Crippen molar-refractivity contribution < 1.29 is 0 Å². The van der Waals surface area contributed by atoms with Gasteiger partial charge in [-0.3, -0.25) is 0 Å². The molecule has 0 bridgehead atoms. The van der Waals surface area contributed by atoms with Crippen LogP contribution in [0.15, 0.2) is 40.6 Å². The molecule has 0 fully saturated rings. The lowest BCUT2D eigenvalue weighted by Crippen LogP contribution is -2.08. The van der Waals surface area contributed by atoms with E-state index in [1.807, 2.05) is 59.1 Å². The second kappa shape index (κ2) is 5.82. The van der Waals surface area contributed by atoms with Crippen molar-refractivity contribution in [3.63, 3.8) is 0 Å². The Hall–Kier alpha value is -2.23. The van der Waals surface area contributed by atoms with Crippen LogP contribution in [0.5, 0.6) is 0 Å². The Bertz CT molecular complexity index is 625. The first-order valence-corrected chi connectivity index (χ1v) is 6.61. The largest absolute Gasteiger partial charge is 0.378 e. The molecule has 0 atom stereocenters. The Morgan fingerprint density at radius 3 is 2.30 bits per heavy atom. The van der Waals surface area contributed by atoms with Crippen LogP contribution in [-0.2, 0) is 0 Å². The van der Waals surface area contributed by atoms with Crippen molar-refractivity contribution in [1.82, 2.24) is 4.98 Å². The molecule has 0 saturated carbocycles. The average molecular weight is 268 g/mol. The van der Waals surface area contributed by atoms with Crippen molar-refractivity contribution in [1.29, 1.82) is 0 Å². The molecule has 0 aliphatic heterocycles. The highest BCUT2D eigenvalue weighted by atomic mass is 15.1. The molecule has 4 nitrogen and oxygen atoms in total. The monoisotopic (exact) mass is 268 g/mol. The van der Waals surface area contributed by atoms with Crippen molar-refractivity contribution in [2.75, 3.05) is 19.0 Å². The Kier molecular flexibility index (Phi) is 4.13. The first kappa shape index (κ1) is 14.2. The summed E-state index contributed by atoms with van der Waals surface area (Å²) in [7, 11) is 4.05. The molecule has 4 heteroatoms. The fourth-order valence-corrected chi connectivity index (χ4v) is 2.01. The minimum Gasteiger partial charge on any atom is -0.378 e. The van der Waals surface area contributed by atoms with Crippen molar-refractivity contribution in [3.05, 3.63) is 47.2 Å². The van der Waals surface area contributed by atoms with E-state index in [4.69, 9.17) is 0 Å². The predicted molar refractivity (Wildman–Crippen MR) is 83.4 cm³/mol. The Labute approximate surface area is 120 Å². The molecule has 0 saturated heterocycles. The normalized spacial score (nSPS) is 11.1. The van der Waals surface area contributed by atoms with E-state index in [1.165, 1.54) is 0 Å². The molecule has 1 heterocycles. The molecule has 0 aliphatic rings. The average Bonchev–Trinajstić information content (AvgIpc) is 2.36. The maximum atomic E-state index is 4.36. The minimum atomic E-state index is 0.651. The van der Waals surface area contributed by atoms with Crippen molar-refractivity contribution in [2.24, 2.45) is 10.2 Å². The minimum absolute atomic E-state index is 0.651. The third-order valence-electron chi connectivity index (χ3n) is 3.04. The van der Waals surface area contributed by atoms with Crippen LogP contribution in [0.25, 0.3) is 0 Å². The highest BCUT2D eigenvalue weighted by molar-refractivity contribution is 5.57. The van der Waals surface area contributed by atoms with Gasteiger partial charge in [0, 0.05) is 25.5 Å². The third kappa shape index (κ3) is 3.41. The first-order valence-electron chi connectivity index (χ1n) is 6.61. The number of rotatable bonds is 3. The number of benzene rings is 1. The van der Waals surface area contributed by atoms with Gasteiger partial charge in [0.1, 0.15) is 0 Å². The Morgan fingerprint density at radius 1 is 0.950 bits per heavy atom. The number of hydrogen-bond acceptors (Lipinski definition) is 4. The van der Waals surface area contributed by atoms with Gasteiger partial charge < -0.3 is 4.90 Å². The van der Waals surface area contributed by atoms with Crippen LogP contribution < -0.4 is 4.90 Å². The second-order valence-corrected chi connectivity index (χ2v) is 5.21. The van der Waals surface area contributed by atoms with E-state index in [-0.39, 0.29) is 0 Å². The molecule has 0 unspecified atom stereocenters. The molecule has 0 radical (unpaired) electrons. The molecule has 2 aromatic rings. The van der Waals surface area contributed by atoms with E-state index >= 15 is 0 Å². The Balaban J connectivity index is 2.27. The fourth-order valence-electron chi connectivity index (χ4n) is 2.01. The molecule has 20 heavy (non-hydrogen) atoms. The van der Waals surface area contributed by atoms with Gasteiger partial charge in [-0.15, -0.1) is 10.2 Å². The van der Waals surface area contributed by atoms with Gasteiger partial charge >= 0.3 is 0 Å². The summed E-state index contributed by atoms with van der Waals surface area (Å²) < 4.78 is 0. The van der Waals surface area contributed by atoms with Gasteiger partial charge in [-0.05, 0) is 62.2 Å². The molecule has 1 aromatic heterocycles. The summed E-state index contributed by atoms with van der Waals surface area (Å²) in [6.45, 7) is 6.03. The van der Waals surface area contributed by atoms with Crippen molar-refractivity contribution in [3.8, 4) is 0 Å². The lowest BCUT2D eigenvalue weighted by atomic mass is 10.2. The van der Waals surface area contributed by atoms with Gasteiger partial charge in [0.15, 0.2) is 5.82 Å². The predicted octanol–water partition coefficient (Wildman–Crippen LogP) is 4.49.